The summed E-state index contributed by atoms with van der Waals surface area (Å²) in [7, 11) is 1.28. The number of anilines is 1. The van der Waals surface area contributed by atoms with Crippen molar-refractivity contribution in [1.82, 2.24) is 5.32 Å². The van der Waals surface area contributed by atoms with Crippen LogP contribution >= 0.6 is 22.9 Å². The van der Waals surface area contributed by atoms with Crippen LogP contribution in [0.1, 0.15) is 35.1 Å². The van der Waals surface area contributed by atoms with Crippen LogP contribution in [0.15, 0.2) is 35.7 Å². The maximum atomic E-state index is 12.3. The molecule has 0 saturated carbocycles. The molecule has 0 radical (unpaired) electrons. The van der Waals surface area contributed by atoms with Crippen LogP contribution in [0.25, 0.3) is 0 Å². The van der Waals surface area contributed by atoms with Gasteiger partial charge in [-0.15, -0.1) is 11.3 Å². The Morgan fingerprint density at radius 3 is 2.58 bits per heavy atom. The van der Waals surface area contributed by atoms with E-state index in [1.807, 2.05) is 31.4 Å². The number of rotatable bonds is 5. The number of hydrogen-bond donors (Lipinski definition) is 2. The van der Waals surface area contributed by atoms with Gasteiger partial charge in [-0.3, -0.25) is 0 Å². The van der Waals surface area contributed by atoms with Gasteiger partial charge in [-0.05, 0) is 35.6 Å². The van der Waals surface area contributed by atoms with E-state index in [-0.39, 0.29) is 28.6 Å². The summed E-state index contributed by atoms with van der Waals surface area (Å²) in [6, 6.07) is 8.18. The minimum absolute atomic E-state index is 0.0858. The van der Waals surface area contributed by atoms with Crippen LogP contribution in [0.2, 0.25) is 5.02 Å². The molecule has 1 aromatic heterocycles. The maximum absolute atomic E-state index is 12.3. The summed E-state index contributed by atoms with van der Waals surface area (Å²) in [5, 5.41) is 7.93. The second kappa shape index (κ2) is 8.17. The van der Waals surface area contributed by atoms with Crippen molar-refractivity contribution in [3.05, 3.63) is 51.2 Å². The Balaban J connectivity index is 2.10. The number of urea groups is 1. The van der Waals surface area contributed by atoms with Gasteiger partial charge in [-0.25, -0.2) is 9.59 Å². The van der Waals surface area contributed by atoms with Crippen LogP contribution < -0.4 is 10.6 Å². The van der Waals surface area contributed by atoms with Crippen molar-refractivity contribution in [2.45, 2.75) is 19.9 Å². The average molecular weight is 367 g/mol. The predicted octanol–water partition coefficient (Wildman–Crippen LogP) is 4.71. The smallest absolute Gasteiger partial charge is 0.339 e. The van der Waals surface area contributed by atoms with E-state index in [0.29, 0.717) is 5.69 Å². The second-order valence-electron chi connectivity index (χ2n) is 5.52. The molecule has 0 spiro atoms. The van der Waals surface area contributed by atoms with Crippen molar-refractivity contribution in [2.24, 2.45) is 5.92 Å². The summed E-state index contributed by atoms with van der Waals surface area (Å²) in [6.45, 7) is 4.09. The van der Waals surface area contributed by atoms with Gasteiger partial charge in [0.15, 0.2) is 0 Å². The lowest BCUT2D eigenvalue weighted by atomic mass is 10.0. The zero-order valence-corrected chi connectivity index (χ0v) is 15.2. The predicted molar refractivity (Wildman–Crippen MR) is 96.8 cm³/mol. The molecule has 0 aliphatic carbocycles. The lowest BCUT2D eigenvalue weighted by Gasteiger charge is -2.21. The highest BCUT2D eigenvalue weighted by Gasteiger charge is 2.19. The lowest BCUT2D eigenvalue weighted by molar-refractivity contribution is 0.0601. The molecule has 5 nitrogen and oxygen atoms in total. The number of esters is 1. The molecule has 2 N–H and O–H groups in total. The SMILES string of the molecule is COC(=O)c1cc(NC(=O)NC(c2cccs2)C(C)C)ccc1Cl. The summed E-state index contributed by atoms with van der Waals surface area (Å²) >= 11 is 7.57. The highest BCUT2D eigenvalue weighted by atomic mass is 35.5. The Bertz CT molecular complexity index is 717. The van der Waals surface area contributed by atoms with E-state index in [2.05, 4.69) is 15.4 Å². The number of thiophene rings is 1. The third-order valence-electron chi connectivity index (χ3n) is 3.43. The molecule has 7 heteroatoms. The second-order valence-corrected chi connectivity index (χ2v) is 6.91. The molecule has 2 amide bonds. The van der Waals surface area contributed by atoms with E-state index in [4.69, 9.17) is 11.6 Å². The fourth-order valence-electron chi connectivity index (χ4n) is 2.21. The molecule has 128 valence electrons. The number of nitrogens with one attached hydrogen (secondary N) is 2. The number of ether oxygens (including phenoxy) is 1. The molecular weight excluding hydrogens is 348 g/mol. The van der Waals surface area contributed by atoms with Crippen LogP contribution in [0.4, 0.5) is 10.5 Å². The molecule has 0 aliphatic heterocycles. The molecule has 2 aromatic rings. The molecule has 0 saturated heterocycles. The number of hydrogen-bond acceptors (Lipinski definition) is 4. The maximum Gasteiger partial charge on any atom is 0.339 e. The molecule has 1 heterocycles. The number of carbonyl (C=O) groups is 2. The van der Waals surface area contributed by atoms with E-state index in [1.54, 1.807) is 23.5 Å². The zero-order chi connectivity index (χ0) is 17.7. The number of halogens is 1. The van der Waals surface area contributed by atoms with Gasteiger partial charge in [0.05, 0.1) is 23.7 Å². The van der Waals surface area contributed by atoms with Crippen LogP contribution in [0.5, 0.6) is 0 Å². The molecule has 0 bridgehead atoms. The molecule has 0 aliphatic rings. The highest BCUT2D eigenvalue weighted by molar-refractivity contribution is 7.10. The molecular formula is C17H19ClN2O3S. The molecule has 2 rings (SSSR count). The fraction of sp³-hybridized carbons (Fsp3) is 0.294. The first-order chi connectivity index (χ1) is 11.4. The van der Waals surface area contributed by atoms with E-state index >= 15 is 0 Å². The fourth-order valence-corrected chi connectivity index (χ4v) is 3.36. The Kier molecular flexibility index (Phi) is 6.23. The van der Waals surface area contributed by atoms with Gasteiger partial charge in [-0.1, -0.05) is 31.5 Å². The standard InChI is InChI=1S/C17H19ClN2O3S/c1-10(2)15(14-5-4-8-24-14)20-17(22)19-11-6-7-13(18)12(9-11)16(21)23-3/h4-10,15H,1-3H3,(H2,19,20,22). The molecule has 24 heavy (non-hydrogen) atoms. The van der Waals surface area contributed by atoms with Gasteiger partial charge in [0.2, 0.25) is 0 Å². The lowest BCUT2D eigenvalue weighted by Crippen LogP contribution is -2.34. The van der Waals surface area contributed by atoms with Gasteiger partial charge >= 0.3 is 12.0 Å². The summed E-state index contributed by atoms with van der Waals surface area (Å²) in [4.78, 5) is 25.0. The van der Waals surface area contributed by atoms with Gasteiger partial charge < -0.3 is 15.4 Å². The van der Waals surface area contributed by atoms with Crippen molar-refractivity contribution < 1.29 is 14.3 Å². The molecule has 1 unspecified atom stereocenters. The third kappa shape index (κ3) is 4.49. The van der Waals surface area contributed by atoms with Crippen molar-refractivity contribution in [3.63, 3.8) is 0 Å². The highest BCUT2D eigenvalue weighted by Crippen LogP contribution is 2.26. The minimum Gasteiger partial charge on any atom is -0.465 e. The van der Waals surface area contributed by atoms with Gasteiger partial charge in [-0.2, -0.15) is 0 Å². The van der Waals surface area contributed by atoms with Gasteiger partial charge in [0.25, 0.3) is 0 Å². The molecule has 0 fully saturated rings. The monoisotopic (exact) mass is 366 g/mol. The Morgan fingerprint density at radius 1 is 1.25 bits per heavy atom. The number of benzene rings is 1. The van der Waals surface area contributed by atoms with E-state index in [9.17, 15) is 9.59 Å². The Labute approximate surface area is 150 Å². The first kappa shape index (κ1) is 18.3. The van der Waals surface area contributed by atoms with Crippen LogP contribution in [-0.4, -0.2) is 19.1 Å². The largest absolute Gasteiger partial charge is 0.465 e. The summed E-state index contributed by atoms with van der Waals surface area (Å²) in [6.07, 6.45) is 0. The van der Waals surface area contributed by atoms with Crippen LogP contribution in [0.3, 0.4) is 0 Å². The van der Waals surface area contributed by atoms with Crippen LogP contribution in [0, 0.1) is 5.92 Å². The summed E-state index contributed by atoms with van der Waals surface area (Å²) < 4.78 is 4.67. The van der Waals surface area contributed by atoms with Crippen molar-refractivity contribution >= 4 is 40.6 Å². The minimum atomic E-state index is -0.553. The topological polar surface area (TPSA) is 67.4 Å². The quantitative estimate of drug-likeness (QED) is 0.753. The van der Waals surface area contributed by atoms with E-state index in [1.165, 1.54) is 13.2 Å². The number of carbonyl (C=O) groups excluding carboxylic acids is 2. The zero-order valence-electron chi connectivity index (χ0n) is 13.6. The third-order valence-corrected chi connectivity index (χ3v) is 4.72. The number of methoxy groups -OCH3 is 1. The summed E-state index contributed by atoms with van der Waals surface area (Å²) in [5.74, 6) is -0.312. The van der Waals surface area contributed by atoms with E-state index < -0.39 is 5.97 Å². The normalized spacial score (nSPS) is 11.9. The van der Waals surface area contributed by atoms with Crippen molar-refractivity contribution in [1.29, 1.82) is 0 Å². The van der Waals surface area contributed by atoms with Crippen molar-refractivity contribution in [2.75, 3.05) is 12.4 Å². The Morgan fingerprint density at radius 2 is 2.00 bits per heavy atom. The Hall–Kier alpha value is -2.05. The first-order valence-electron chi connectivity index (χ1n) is 7.41. The first-order valence-corrected chi connectivity index (χ1v) is 8.67. The van der Waals surface area contributed by atoms with Crippen LogP contribution in [-0.2, 0) is 4.74 Å². The van der Waals surface area contributed by atoms with Gasteiger partial charge in [0.1, 0.15) is 0 Å². The average Bonchev–Trinajstić information content (AvgIpc) is 3.07. The molecule has 1 atom stereocenters. The molecule has 1 aromatic carbocycles. The van der Waals surface area contributed by atoms with E-state index in [0.717, 1.165) is 4.88 Å². The van der Waals surface area contributed by atoms with Gasteiger partial charge in [0, 0.05) is 10.6 Å². The summed E-state index contributed by atoms with van der Waals surface area (Å²) in [5.41, 5.74) is 0.668. The number of amides is 2. The van der Waals surface area contributed by atoms with Crippen molar-refractivity contribution in [3.8, 4) is 0 Å².